The van der Waals surface area contributed by atoms with Crippen LogP contribution in [0.15, 0.2) is 12.2 Å². The average molecular weight is 221 g/mol. The minimum Gasteiger partial charge on any atom is -1.00 e. The Morgan fingerprint density at radius 2 is 2.00 bits per heavy atom. The van der Waals surface area contributed by atoms with Crippen molar-refractivity contribution in [3.8, 4) is 0 Å². The number of hydrogen-bond donors (Lipinski definition) is 1. The van der Waals surface area contributed by atoms with E-state index in [0.717, 1.165) is 6.92 Å². The predicted octanol–water partition coefficient (Wildman–Crippen LogP) is 0.184. The van der Waals surface area contributed by atoms with E-state index in [0.29, 0.717) is 0 Å². The Hall–Kier alpha value is -0.114. The van der Waals surface area contributed by atoms with Crippen molar-refractivity contribution in [2.24, 2.45) is 0 Å². The van der Waals surface area contributed by atoms with Crippen LogP contribution in [-0.4, -0.2) is 47.4 Å². The van der Waals surface area contributed by atoms with Gasteiger partial charge in [0, 0.05) is 5.57 Å². The normalized spacial score (nSPS) is 12.5. The molecule has 0 aliphatic carbocycles. The number of esters is 1. The number of hydrogen-bond acceptors (Lipinski definition) is 4. The van der Waals surface area contributed by atoms with Crippen LogP contribution in [0.4, 0.5) is 0 Å². The molecule has 0 aliphatic heterocycles. The first-order valence-electron chi connectivity index (χ1n) is 3.08. The summed E-state index contributed by atoms with van der Waals surface area (Å²) in [7, 11) is -4.32. The van der Waals surface area contributed by atoms with Gasteiger partial charge in [-0.15, -0.1) is 0 Å². The molecule has 5 nitrogen and oxygen atoms in total. The van der Waals surface area contributed by atoms with Crippen LogP contribution in [0, 0.1) is 0 Å². The molecule has 1 N–H and O–H groups in total. The van der Waals surface area contributed by atoms with E-state index in [9.17, 15) is 13.2 Å². The molecule has 7 heteroatoms. The Morgan fingerprint density at radius 1 is 1.62 bits per heavy atom. The van der Waals surface area contributed by atoms with Gasteiger partial charge in [0.25, 0.3) is 0 Å². The zero-order chi connectivity index (χ0) is 9.94. The first-order valence-corrected chi connectivity index (χ1v) is 4.58. The van der Waals surface area contributed by atoms with E-state index in [2.05, 4.69) is 11.3 Å². The monoisotopic (exact) mass is 220 g/mol. The van der Waals surface area contributed by atoms with Crippen LogP contribution < -0.4 is 0 Å². The third kappa shape index (κ3) is 6.02. The molecule has 0 aliphatic rings. The maximum absolute atomic E-state index is 10.7. The zero-order valence-electron chi connectivity index (χ0n) is 9.48. The maximum atomic E-state index is 10.7. The van der Waals surface area contributed by atoms with Gasteiger partial charge in [-0.1, -0.05) is 6.58 Å². The van der Waals surface area contributed by atoms with Gasteiger partial charge in [0.05, 0.1) is 0 Å². The summed E-state index contributed by atoms with van der Waals surface area (Å²) in [5.74, 6) is -0.847. The van der Waals surface area contributed by atoms with Crippen molar-refractivity contribution in [2.45, 2.75) is 19.3 Å². The summed E-state index contributed by atoms with van der Waals surface area (Å²) < 4.78 is 33.4. The molecule has 1 unspecified atom stereocenters. The van der Waals surface area contributed by atoms with Crippen molar-refractivity contribution in [2.75, 3.05) is 0 Å². The largest absolute Gasteiger partial charge is 2.00 e. The third-order valence-corrected chi connectivity index (χ3v) is 1.98. The minimum absolute atomic E-state index is 0. The van der Waals surface area contributed by atoms with Crippen molar-refractivity contribution in [3.05, 3.63) is 12.2 Å². The van der Waals surface area contributed by atoms with Gasteiger partial charge in [0.15, 0.2) is 0 Å². The quantitative estimate of drug-likeness (QED) is 0.318. The third-order valence-electron chi connectivity index (χ3n) is 1.04. The molecule has 0 aromatic carbocycles. The van der Waals surface area contributed by atoms with Crippen molar-refractivity contribution in [1.82, 2.24) is 0 Å². The standard InChI is InChI=1S/C6H10O5S.Mg.2H/c1-4(2)6(7)11-5(3)12(8,9)10;;;/h5H,1H2,2-3H3,(H,8,9,10);;;/q;+2;2*-1. The van der Waals surface area contributed by atoms with Crippen LogP contribution in [0.3, 0.4) is 0 Å². The van der Waals surface area contributed by atoms with E-state index in [4.69, 9.17) is 4.55 Å². The molecular weight excluding hydrogens is 208 g/mol. The van der Waals surface area contributed by atoms with Crippen LogP contribution in [0.25, 0.3) is 0 Å². The molecule has 74 valence electrons. The molecule has 0 spiro atoms. The number of carbonyl (C=O) groups excluding carboxylic acids is 1. The van der Waals surface area contributed by atoms with Crippen molar-refractivity contribution < 1.29 is 25.4 Å². The molecule has 0 aromatic heterocycles. The average Bonchev–Trinajstić information content (AvgIpc) is 1.85. The Kier molecular flexibility index (Phi) is 6.60. The fourth-order valence-electron chi connectivity index (χ4n) is 0.312. The van der Waals surface area contributed by atoms with Crippen LogP contribution in [0.1, 0.15) is 16.7 Å². The van der Waals surface area contributed by atoms with E-state index >= 15 is 0 Å². The molecule has 0 aromatic rings. The number of carbonyl (C=O) groups is 1. The molecule has 0 saturated heterocycles. The van der Waals surface area contributed by atoms with Gasteiger partial charge in [-0.25, -0.2) is 4.79 Å². The van der Waals surface area contributed by atoms with E-state index in [1.54, 1.807) is 0 Å². The van der Waals surface area contributed by atoms with Gasteiger partial charge in [-0.3, -0.25) is 4.55 Å². The smallest absolute Gasteiger partial charge is 1.00 e. The molecule has 0 radical (unpaired) electrons. The summed E-state index contributed by atoms with van der Waals surface area (Å²) >= 11 is 0. The molecule has 0 bridgehead atoms. The maximum Gasteiger partial charge on any atom is 2.00 e. The first kappa shape index (κ1) is 15.4. The van der Waals surface area contributed by atoms with Crippen LogP contribution in [0.2, 0.25) is 0 Å². The molecule has 0 amide bonds. The molecule has 0 rings (SSSR count). The molecule has 13 heavy (non-hydrogen) atoms. The van der Waals surface area contributed by atoms with E-state index in [1.807, 2.05) is 0 Å². The Bertz CT molecular complexity index is 303. The molecule has 1 atom stereocenters. The van der Waals surface area contributed by atoms with Gasteiger partial charge in [-0.2, -0.15) is 8.42 Å². The minimum atomic E-state index is -4.32. The second-order valence-corrected chi connectivity index (χ2v) is 3.96. The second-order valence-electron chi connectivity index (χ2n) is 2.27. The van der Waals surface area contributed by atoms with Gasteiger partial charge >= 0.3 is 39.1 Å². The molecule has 0 fully saturated rings. The van der Waals surface area contributed by atoms with Crippen molar-refractivity contribution >= 4 is 39.1 Å². The van der Waals surface area contributed by atoms with Gasteiger partial charge < -0.3 is 7.59 Å². The van der Waals surface area contributed by atoms with Gasteiger partial charge in [-0.05, 0) is 13.8 Å². The first-order chi connectivity index (χ1) is 5.25. The zero-order valence-corrected chi connectivity index (χ0v) is 9.71. The SMILES string of the molecule is C=C(C)C(=O)OC(C)S(=O)(=O)O.[H-].[H-].[Mg+2]. The Morgan fingerprint density at radius 3 is 2.23 bits per heavy atom. The summed E-state index contributed by atoms with van der Waals surface area (Å²) in [6, 6.07) is 0. The van der Waals surface area contributed by atoms with Crippen molar-refractivity contribution in [3.63, 3.8) is 0 Å². The fraction of sp³-hybridized carbons (Fsp3) is 0.500. The predicted molar refractivity (Wildman–Crippen MR) is 49.9 cm³/mol. The van der Waals surface area contributed by atoms with Crippen LogP contribution >= 0.6 is 0 Å². The topological polar surface area (TPSA) is 80.7 Å². The van der Waals surface area contributed by atoms with Crippen LogP contribution in [-0.2, 0) is 19.6 Å². The Labute approximate surface area is 96.0 Å². The molecule has 0 saturated carbocycles. The van der Waals surface area contributed by atoms with E-state index in [-0.39, 0.29) is 31.5 Å². The summed E-state index contributed by atoms with van der Waals surface area (Å²) in [4.78, 5) is 10.7. The fourth-order valence-corrected chi connectivity index (χ4v) is 0.521. The number of rotatable bonds is 3. The molecule has 0 heterocycles. The summed E-state index contributed by atoms with van der Waals surface area (Å²) in [5.41, 5.74) is -1.48. The second kappa shape index (κ2) is 5.58. The van der Waals surface area contributed by atoms with Crippen LogP contribution in [0.5, 0.6) is 0 Å². The van der Waals surface area contributed by atoms with Crippen molar-refractivity contribution in [1.29, 1.82) is 0 Å². The summed E-state index contributed by atoms with van der Waals surface area (Å²) in [5, 5.41) is 0. The van der Waals surface area contributed by atoms with Gasteiger partial charge in [0.2, 0.25) is 5.44 Å². The Balaban J connectivity index is -0.000000202. The molecular formula is C6H12MgO5S. The summed E-state index contributed by atoms with van der Waals surface area (Å²) in [6.45, 7) is 5.66. The number of ether oxygens (including phenoxy) is 1. The van der Waals surface area contributed by atoms with Gasteiger partial charge in [0.1, 0.15) is 0 Å². The van der Waals surface area contributed by atoms with E-state index in [1.165, 1.54) is 6.92 Å². The summed E-state index contributed by atoms with van der Waals surface area (Å²) in [6.07, 6.45) is 0. The van der Waals surface area contributed by atoms with E-state index < -0.39 is 21.5 Å².